The Bertz CT molecular complexity index is 943. The Kier molecular flexibility index (Phi) is 6.16. The summed E-state index contributed by atoms with van der Waals surface area (Å²) >= 11 is 3.55. The molecule has 0 saturated heterocycles. The summed E-state index contributed by atoms with van der Waals surface area (Å²) in [6.07, 6.45) is -3.80. The molecule has 3 heterocycles. The number of nitrogens with zero attached hydrogens (tertiary/aromatic N) is 6. The van der Waals surface area contributed by atoms with E-state index in [4.69, 9.17) is 0 Å². The lowest BCUT2D eigenvalue weighted by Crippen LogP contribution is -2.25. The van der Waals surface area contributed by atoms with Crippen molar-refractivity contribution in [2.75, 3.05) is 12.3 Å². The summed E-state index contributed by atoms with van der Waals surface area (Å²) < 4.78 is 40.5. The van der Waals surface area contributed by atoms with Crippen molar-refractivity contribution in [2.45, 2.75) is 33.2 Å². The van der Waals surface area contributed by atoms with Crippen LogP contribution in [0.3, 0.4) is 0 Å². The zero-order chi connectivity index (χ0) is 19.4. The number of thioether (sulfide) groups is 1. The summed E-state index contributed by atoms with van der Waals surface area (Å²) in [5.74, 6) is -1.06. The second kappa shape index (κ2) is 8.39. The Morgan fingerprint density at radius 1 is 1.22 bits per heavy atom. The van der Waals surface area contributed by atoms with Crippen LogP contribution < -0.4 is 5.32 Å². The smallest absolute Gasteiger partial charge is 0.355 e. The van der Waals surface area contributed by atoms with Crippen molar-refractivity contribution in [2.24, 2.45) is 0 Å². The SMILES string of the molecule is CCCNC(=O)CSc1nnc(Sc2ccc3nnc(C(F)(F)F)n3n2)s1. The van der Waals surface area contributed by atoms with Gasteiger partial charge in [-0.1, -0.05) is 30.0 Å². The first-order chi connectivity index (χ1) is 12.9. The number of hydrogen-bond donors (Lipinski definition) is 1. The van der Waals surface area contributed by atoms with E-state index in [0.717, 1.165) is 18.2 Å². The van der Waals surface area contributed by atoms with Crippen LogP contribution in [0.4, 0.5) is 13.2 Å². The van der Waals surface area contributed by atoms with E-state index >= 15 is 0 Å². The predicted molar refractivity (Wildman–Crippen MR) is 93.8 cm³/mol. The molecule has 3 rings (SSSR count). The summed E-state index contributed by atoms with van der Waals surface area (Å²) in [4.78, 5) is 11.6. The minimum absolute atomic E-state index is 0.00160. The average Bonchev–Trinajstić information content (AvgIpc) is 3.24. The van der Waals surface area contributed by atoms with Crippen LogP contribution in [-0.4, -0.2) is 48.2 Å². The van der Waals surface area contributed by atoms with Gasteiger partial charge in [-0.3, -0.25) is 4.79 Å². The Hall–Kier alpha value is -1.93. The molecule has 1 amide bonds. The number of carbonyl (C=O) groups is 1. The second-order valence-electron chi connectivity index (χ2n) is 5.04. The van der Waals surface area contributed by atoms with E-state index in [2.05, 4.69) is 30.8 Å². The van der Waals surface area contributed by atoms with Crippen molar-refractivity contribution >= 4 is 46.4 Å². The van der Waals surface area contributed by atoms with E-state index in [1.165, 1.54) is 35.2 Å². The van der Waals surface area contributed by atoms with Crippen LogP contribution in [0.2, 0.25) is 0 Å². The van der Waals surface area contributed by atoms with Gasteiger partial charge in [-0.05, 0) is 30.3 Å². The quantitative estimate of drug-likeness (QED) is 0.566. The third kappa shape index (κ3) is 5.07. The van der Waals surface area contributed by atoms with Gasteiger partial charge < -0.3 is 5.32 Å². The predicted octanol–water partition coefficient (Wildman–Crippen LogP) is 2.76. The van der Waals surface area contributed by atoms with Crippen LogP contribution in [0.15, 0.2) is 25.8 Å². The van der Waals surface area contributed by atoms with E-state index in [1.807, 2.05) is 6.92 Å². The largest absolute Gasteiger partial charge is 0.453 e. The number of hydrogen-bond acceptors (Lipinski definition) is 9. The van der Waals surface area contributed by atoms with Gasteiger partial charge in [0.2, 0.25) is 5.91 Å². The molecule has 0 radical (unpaired) electrons. The van der Waals surface area contributed by atoms with Crippen molar-refractivity contribution in [3.63, 3.8) is 0 Å². The summed E-state index contributed by atoms with van der Waals surface area (Å²) in [5, 5.41) is 21.5. The molecule has 3 aromatic rings. The maximum Gasteiger partial charge on any atom is 0.453 e. The minimum Gasteiger partial charge on any atom is -0.355 e. The van der Waals surface area contributed by atoms with Crippen molar-refractivity contribution < 1.29 is 18.0 Å². The van der Waals surface area contributed by atoms with Crippen molar-refractivity contribution in [1.82, 2.24) is 35.3 Å². The highest BCUT2D eigenvalue weighted by Crippen LogP contribution is 2.33. The van der Waals surface area contributed by atoms with Gasteiger partial charge in [0.1, 0.15) is 5.03 Å². The number of aromatic nitrogens is 6. The molecule has 27 heavy (non-hydrogen) atoms. The van der Waals surface area contributed by atoms with Crippen molar-refractivity contribution in [3.05, 3.63) is 18.0 Å². The van der Waals surface area contributed by atoms with Gasteiger partial charge in [-0.15, -0.1) is 20.4 Å². The molecule has 0 unspecified atom stereocenters. The summed E-state index contributed by atoms with van der Waals surface area (Å²) in [6, 6.07) is 2.92. The number of alkyl halides is 3. The first-order valence-electron chi connectivity index (χ1n) is 7.57. The topological polar surface area (TPSA) is 98.0 Å². The Morgan fingerprint density at radius 3 is 2.74 bits per heavy atom. The van der Waals surface area contributed by atoms with Gasteiger partial charge in [-0.2, -0.15) is 22.8 Å². The molecule has 14 heteroatoms. The molecular weight excluding hydrogens is 423 g/mol. The Labute approximate surface area is 163 Å². The molecule has 0 aliphatic carbocycles. The number of halogens is 3. The summed E-state index contributed by atoms with van der Waals surface area (Å²) in [7, 11) is 0. The third-order valence-corrected chi connectivity index (χ3v) is 6.00. The third-order valence-electron chi connectivity index (χ3n) is 2.97. The monoisotopic (exact) mass is 435 g/mol. The molecular formula is C13H12F3N7OS3. The highest BCUT2D eigenvalue weighted by Gasteiger charge is 2.37. The maximum atomic E-state index is 12.9. The summed E-state index contributed by atoms with van der Waals surface area (Å²) in [6.45, 7) is 2.58. The van der Waals surface area contributed by atoms with E-state index in [9.17, 15) is 18.0 Å². The Morgan fingerprint density at radius 2 is 2.00 bits per heavy atom. The van der Waals surface area contributed by atoms with Crippen LogP contribution in [0.5, 0.6) is 0 Å². The number of nitrogens with one attached hydrogen (secondary N) is 1. The average molecular weight is 435 g/mol. The molecule has 0 bridgehead atoms. The zero-order valence-electron chi connectivity index (χ0n) is 13.7. The van der Waals surface area contributed by atoms with Gasteiger partial charge in [0.25, 0.3) is 5.82 Å². The molecule has 0 atom stereocenters. The fraction of sp³-hybridized carbons (Fsp3) is 0.385. The molecule has 8 nitrogen and oxygen atoms in total. The van der Waals surface area contributed by atoms with Crippen molar-refractivity contribution in [3.8, 4) is 0 Å². The van der Waals surface area contributed by atoms with Crippen LogP contribution in [0.1, 0.15) is 19.2 Å². The maximum absolute atomic E-state index is 12.9. The van der Waals surface area contributed by atoms with Gasteiger partial charge in [0.05, 0.1) is 5.75 Å². The second-order valence-corrected chi connectivity index (χ2v) is 8.51. The number of rotatable bonds is 7. The van der Waals surface area contributed by atoms with Crippen LogP contribution in [0, 0.1) is 0 Å². The van der Waals surface area contributed by atoms with Gasteiger partial charge in [0, 0.05) is 6.54 Å². The van der Waals surface area contributed by atoms with E-state index in [1.54, 1.807) is 0 Å². The number of amides is 1. The van der Waals surface area contributed by atoms with Gasteiger partial charge in [-0.25, -0.2) is 0 Å². The lowest BCUT2D eigenvalue weighted by atomic mass is 10.5. The molecule has 0 spiro atoms. The molecule has 0 fully saturated rings. The standard InChI is InChI=1S/C13H12F3N7OS3/c1-2-5-17-8(24)6-25-11-20-21-12(27-11)26-9-4-3-7-18-19-10(13(14,15)16)23(7)22-9/h3-4H,2,5-6H2,1H3,(H,17,24). The fourth-order valence-corrected chi connectivity index (χ4v) is 4.59. The molecule has 1 N–H and O–H groups in total. The normalized spacial score (nSPS) is 11.9. The first-order valence-corrected chi connectivity index (χ1v) is 10.2. The molecule has 144 valence electrons. The molecule has 3 aromatic heterocycles. The summed E-state index contributed by atoms with van der Waals surface area (Å²) in [5.41, 5.74) is -0.00160. The molecule has 0 aliphatic rings. The molecule has 0 saturated carbocycles. The van der Waals surface area contributed by atoms with Crippen LogP contribution in [0.25, 0.3) is 5.65 Å². The first kappa shape index (κ1) is 19.8. The highest BCUT2D eigenvalue weighted by molar-refractivity contribution is 8.03. The molecule has 0 aliphatic heterocycles. The highest BCUT2D eigenvalue weighted by atomic mass is 32.2. The fourth-order valence-electron chi connectivity index (χ4n) is 1.83. The zero-order valence-corrected chi connectivity index (χ0v) is 16.2. The molecule has 0 aromatic carbocycles. The van der Waals surface area contributed by atoms with Gasteiger partial charge >= 0.3 is 6.18 Å². The van der Waals surface area contributed by atoms with E-state index < -0.39 is 12.0 Å². The number of carbonyl (C=O) groups excluding carboxylic acids is 1. The Balaban J connectivity index is 1.67. The van der Waals surface area contributed by atoms with E-state index in [0.29, 0.717) is 24.8 Å². The minimum atomic E-state index is -4.65. The van der Waals surface area contributed by atoms with E-state index in [-0.39, 0.29) is 17.3 Å². The van der Waals surface area contributed by atoms with Gasteiger partial charge in [0.15, 0.2) is 14.3 Å². The van der Waals surface area contributed by atoms with Crippen LogP contribution >= 0.6 is 34.9 Å². The van der Waals surface area contributed by atoms with Crippen molar-refractivity contribution in [1.29, 1.82) is 0 Å². The number of fused-ring (bicyclic) bond motifs is 1. The lowest BCUT2D eigenvalue weighted by Gasteiger charge is -2.03. The van der Waals surface area contributed by atoms with Crippen LogP contribution in [-0.2, 0) is 11.0 Å². The lowest BCUT2D eigenvalue weighted by molar-refractivity contribution is -0.146.